The zero-order valence-corrected chi connectivity index (χ0v) is 6.71. The molecule has 1 aliphatic rings. The number of nitrogens with one attached hydrogen (secondary N) is 1. The molecule has 7 heteroatoms. The van der Waals surface area contributed by atoms with E-state index in [9.17, 15) is 10.1 Å². The second-order valence-corrected chi connectivity index (χ2v) is 2.51. The number of nitrogens with zero attached hydrogens (tertiary/aromatic N) is 2. The first-order chi connectivity index (χ1) is 6.09. The Balaban J connectivity index is 2.56. The molecule has 0 amide bonds. The van der Waals surface area contributed by atoms with Crippen LogP contribution in [0.25, 0.3) is 0 Å². The molecule has 13 heavy (non-hydrogen) atoms. The Morgan fingerprint density at radius 1 is 1.85 bits per heavy atom. The highest BCUT2D eigenvalue weighted by atomic mass is 16.6. The van der Waals surface area contributed by atoms with E-state index in [1.165, 1.54) is 0 Å². The van der Waals surface area contributed by atoms with Crippen molar-refractivity contribution in [3.05, 3.63) is 22.5 Å². The fraction of sp³-hybridized carbons (Fsp3) is 0.500. The van der Waals surface area contributed by atoms with Crippen molar-refractivity contribution < 1.29 is 14.8 Å². The van der Waals surface area contributed by atoms with Crippen molar-refractivity contribution in [3.63, 3.8) is 0 Å². The van der Waals surface area contributed by atoms with E-state index in [4.69, 9.17) is 15.3 Å². The van der Waals surface area contributed by atoms with E-state index < -0.39 is 11.0 Å². The lowest BCUT2D eigenvalue weighted by Crippen LogP contribution is -2.43. The van der Waals surface area contributed by atoms with E-state index in [0.29, 0.717) is 6.20 Å². The van der Waals surface area contributed by atoms with Gasteiger partial charge in [0.2, 0.25) is 0 Å². The smallest absolute Gasteiger partial charge is 0.288 e. The van der Waals surface area contributed by atoms with Crippen LogP contribution in [0.2, 0.25) is 0 Å². The number of β-amino-alcohol motifs (C(OH)–C–C–N with tert-alkyl or cyclic N) is 1. The molecule has 0 aliphatic carbocycles. The number of nitro groups is 1. The van der Waals surface area contributed by atoms with Crippen LogP contribution < -0.4 is 0 Å². The van der Waals surface area contributed by atoms with Crippen molar-refractivity contribution in [2.45, 2.75) is 6.10 Å². The SMILES string of the molecule is N=C1OC[C@@H](O)CN1/C=C/[N+](=O)[O-]. The Labute approximate surface area is 73.9 Å². The summed E-state index contributed by atoms with van der Waals surface area (Å²) in [5, 5.41) is 26.2. The predicted molar refractivity (Wildman–Crippen MR) is 42.5 cm³/mol. The first-order valence-electron chi connectivity index (χ1n) is 3.57. The van der Waals surface area contributed by atoms with Gasteiger partial charge in [-0.1, -0.05) is 0 Å². The van der Waals surface area contributed by atoms with Crippen molar-refractivity contribution in [2.24, 2.45) is 0 Å². The molecule has 1 rings (SSSR count). The van der Waals surface area contributed by atoms with Crippen LogP contribution in [0.4, 0.5) is 0 Å². The van der Waals surface area contributed by atoms with Crippen LogP contribution in [0, 0.1) is 15.5 Å². The van der Waals surface area contributed by atoms with E-state index in [2.05, 4.69) is 0 Å². The van der Waals surface area contributed by atoms with Gasteiger partial charge in [-0.3, -0.25) is 20.4 Å². The maximum atomic E-state index is 9.95. The molecular formula is C6H9N3O4. The molecule has 1 atom stereocenters. The lowest BCUT2D eigenvalue weighted by molar-refractivity contribution is -0.403. The first kappa shape index (κ1) is 9.46. The Hall–Kier alpha value is -1.63. The minimum absolute atomic E-state index is 0.0572. The van der Waals surface area contributed by atoms with Crippen molar-refractivity contribution in [1.29, 1.82) is 5.41 Å². The van der Waals surface area contributed by atoms with Crippen LogP contribution in [-0.2, 0) is 4.74 Å². The van der Waals surface area contributed by atoms with E-state index in [1.807, 2.05) is 0 Å². The molecule has 72 valence electrons. The highest BCUT2D eigenvalue weighted by molar-refractivity contribution is 5.72. The van der Waals surface area contributed by atoms with Gasteiger partial charge in [0, 0.05) is 0 Å². The summed E-state index contributed by atoms with van der Waals surface area (Å²) in [6.45, 7) is 0.199. The fourth-order valence-electron chi connectivity index (χ4n) is 0.884. The van der Waals surface area contributed by atoms with E-state index in [1.54, 1.807) is 0 Å². The van der Waals surface area contributed by atoms with Crippen molar-refractivity contribution >= 4 is 6.02 Å². The first-order valence-corrected chi connectivity index (χ1v) is 3.57. The largest absolute Gasteiger partial charge is 0.462 e. The summed E-state index contributed by atoms with van der Waals surface area (Å²) >= 11 is 0. The van der Waals surface area contributed by atoms with E-state index >= 15 is 0 Å². The third kappa shape index (κ3) is 2.71. The molecule has 0 aromatic heterocycles. The number of aliphatic hydroxyl groups is 1. The van der Waals surface area contributed by atoms with Gasteiger partial charge >= 0.3 is 0 Å². The van der Waals surface area contributed by atoms with Crippen LogP contribution in [0.15, 0.2) is 12.4 Å². The lowest BCUT2D eigenvalue weighted by atomic mass is 10.3. The summed E-state index contributed by atoms with van der Waals surface area (Å²) in [6, 6.07) is -0.191. The highest BCUT2D eigenvalue weighted by Gasteiger charge is 2.21. The Kier molecular flexibility index (Phi) is 2.80. The van der Waals surface area contributed by atoms with Gasteiger partial charge in [-0.05, 0) is 0 Å². The van der Waals surface area contributed by atoms with Crippen LogP contribution >= 0.6 is 0 Å². The Morgan fingerprint density at radius 2 is 2.54 bits per heavy atom. The van der Waals surface area contributed by atoms with Crippen molar-refractivity contribution in [1.82, 2.24) is 4.90 Å². The number of aliphatic hydroxyl groups excluding tert-OH is 1. The van der Waals surface area contributed by atoms with Crippen LogP contribution in [-0.4, -0.2) is 40.2 Å². The molecule has 1 fully saturated rings. The van der Waals surface area contributed by atoms with E-state index in [0.717, 1.165) is 11.1 Å². The average molecular weight is 187 g/mol. The van der Waals surface area contributed by atoms with Gasteiger partial charge in [0.1, 0.15) is 12.7 Å². The Morgan fingerprint density at radius 3 is 3.15 bits per heavy atom. The topological polar surface area (TPSA) is 99.7 Å². The third-order valence-electron chi connectivity index (χ3n) is 1.45. The molecule has 0 unspecified atom stereocenters. The number of hydrogen-bond donors (Lipinski definition) is 2. The molecular weight excluding hydrogens is 178 g/mol. The number of amidine groups is 1. The van der Waals surface area contributed by atoms with Gasteiger partial charge in [-0.15, -0.1) is 0 Å². The predicted octanol–water partition coefficient (Wildman–Crippen LogP) is -0.638. The van der Waals surface area contributed by atoms with E-state index in [-0.39, 0.29) is 19.2 Å². The normalized spacial score (nSPS) is 23.3. The molecule has 0 bridgehead atoms. The second-order valence-electron chi connectivity index (χ2n) is 2.51. The molecule has 1 heterocycles. The standard InChI is InChI=1S/C6H9N3O4/c7-6-8(1-2-9(11)12)3-5(10)4-13-6/h1-2,5,7,10H,3-4H2/b2-1+,7-6?/t5-/m0/s1. The second kappa shape index (κ2) is 3.85. The van der Waals surface area contributed by atoms with Crippen LogP contribution in [0.3, 0.4) is 0 Å². The molecule has 1 saturated heterocycles. The molecule has 0 aromatic carbocycles. The quantitative estimate of drug-likeness (QED) is 0.442. The van der Waals surface area contributed by atoms with Crippen LogP contribution in [0.1, 0.15) is 0 Å². The molecule has 2 N–H and O–H groups in total. The molecule has 0 saturated carbocycles. The van der Waals surface area contributed by atoms with Crippen LogP contribution in [0.5, 0.6) is 0 Å². The molecule has 0 aromatic rings. The summed E-state index contributed by atoms with van der Waals surface area (Å²) < 4.78 is 4.72. The number of hydrogen-bond acceptors (Lipinski definition) is 5. The minimum atomic E-state index is -0.717. The summed E-state index contributed by atoms with van der Waals surface area (Å²) in [5.74, 6) is 0. The molecule has 0 radical (unpaired) electrons. The molecule has 7 nitrogen and oxygen atoms in total. The maximum Gasteiger partial charge on any atom is 0.288 e. The van der Waals surface area contributed by atoms with Gasteiger partial charge in [-0.2, -0.15) is 0 Å². The van der Waals surface area contributed by atoms with Gasteiger partial charge < -0.3 is 9.84 Å². The fourth-order valence-corrected chi connectivity index (χ4v) is 0.884. The number of ether oxygens (including phenoxy) is 1. The summed E-state index contributed by atoms with van der Waals surface area (Å²) in [7, 11) is 0. The van der Waals surface area contributed by atoms with Gasteiger partial charge in [-0.25, -0.2) is 0 Å². The van der Waals surface area contributed by atoms with Crippen molar-refractivity contribution in [3.8, 4) is 0 Å². The highest BCUT2D eigenvalue weighted by Crippen LogP contribution is 2.04. The van der Waals surface area contributed by atoms with Gasteiger partial charge in [0.25, 0.3) is 12.2 Å². The lowest BCUT2D eigenvalue weighted by Gasteiger charge is -2.28. The van der Waals surface area contributed by atoms with Crippen molar-refractivity contribution in [2.75, 3.05) is 13.2 Å². The monoisotopic (exact) mass is 187 g/mol. The minimum Gasteiger partial charge on any atom is -0.462 e. The summed E-state index contributed by atoms with van der Waals surface area (Å²) in [5.41, 5.74) is 0. The summed E-state index contributed by atoms with van der Waals surface area (Å²) in [6.07, 6.45) is 1.06. The average Bonchev–Trinajstić information content (AvgIpc) is 2.06. The summed E-state index contributed by atoms with van der Waals surface area (Å²) in [4.78, 5) is 10.5. The maximum absolute atomic E-state index is 9.95. The third-order valence-corrected chi connectivity index (χ3v) is 1.45. The number of rotatable bonds is 2. The molecule has 1 aliphatic heterocycles. The molecule has 0 spiro atoms. The Bertz CT molecular complexity index is 252. The van der Waals surface area contributed by atoms with Gasteiger partial charge in [0.15, 0.2) is 0 Å². The zero-order chi connectivity index (χ0) is 9.84. The van der Waals surface area contributed by atoms with Gasteiger partial charge in [0.05, 0.1) is 17.7 Å². The zero-order valence-electron chi connectivity index (χ0n) is 6.71.